The molecule has 0 unspecified atom stereocenters. The van der Waals surface area contributed by atoms with Crippen molar-refractivity contribution >= 4 is 11.9 Å². The van der Waals surface area contributed by atoms with Gasteiger partial charge in [0.1, 0.15) is 0 Å². The predicted octanol–water partition coefficient (Wildman–Crippen LogP) is -0.814. The molecule has 12 heavy (non-hydrogen) atoms. The summed E-state index contributed by atoms with van der Waals surface area (Å²) in [5.41, 5.74) is 0. The summed E-state index contributed by atoms with van der Waals surface area (Å²) in [7, 11) is 2.21. The second-order valence-corrected chi connectivity index (χ2v) is 1.99. The van der Waals surface area contributed by atoms with Gasteiger partial charge < -0.3 is 19.7 Å². The smallest absolute Gasteiger partial charge is 0.336 e. The Kier molecular flexibility index (Phi) is 4.24. The monoisotopic (exact) mass is 178 g/mol. The summed E-state index contributed by atoms with van der Waals surface area (Å²) < 4.78 is 8.84. The zero-order valence-corrected chi connectivity index (χ0v) is 6.68. The topological polar surface area (TPSA) is 93.1 Å². The van der Waals surface area contributed by atoms with E-state index in [4.69, 9.17) is 10.2 Å². The summed E-state index contributed by atoms with van der Waals surface area (Å²) in [6.07, 6.45) is -2.96. The lowest BCUT2D eigenvalue weighted by atomic mass is 10.2. The van der Waals surface area contributed by atoms with Crippen LogP contribution in [0.4, 0.5) is 0 Å². The second kappa shape index (κ2) is 4.68. The van der Waals surface area contributed by atoms with Crippen LogP contribution in [0.3, 0.4) is 0 Å². The maximum Gasteiger partial charge on any atom is 0.336 e. The van der Waals surface area contributed by atoms with Crippen LogP contribution >= 0.6 is 0 Å². The van der Waals surface area contributed by atoms with Gasteiger partial charge in [0.05, 0.1) is 0 Å². The van der Waals surface area contributed by atoms with E-state index in [1.54, 1.807) is 0 Å². The molecule has 0 aliphatic carbocycles. The lowest BCUT2D eigenvalue weighted by Crippen LogP contribution is -2.42. The fourth-order valence-corrected chi connectivity index (χ4v) is 0.708. The van der Waals surface area contributed by atoms with Crippen LogP contribution in [0.5, 0.6) is 0 Å². The average Bonchev–Trinajstić information content (AvgIpc) is 1.98. The first-order valence-electron chi connectivity index (χ1n) is 3.05. The van der Waals surface area contributed by atoms with Crippen LogP contribution in [0, 0.1) is 0 Å². The molecular weight excluding hydrogens is 168 g/mol. The van der Waals surface area contributed by atoms with Crippen molar-refractivity contribution in [3.8, 4) is 0 Å². The largest absolute Gasteiger partial charge is 0.479 e. The third-order valence-electron chi connectivity index (χ3n) is 1.27. The van der Waals surface area contributed by atoms with Crippen molar-refractivity contribution in [1.29, 1.82) is 0 Å². The van der Waals surface area contributed by atoms with Crippen LogP contribution in [-0.2, 0) is 19.1 Å². The van der Waals surface area contributed by atoms with Gasteiger partial charge in [-0.2, -0.15) is 0 Å². The number of carbonyl (C=O) groups is 2. The zero-order chi connectivity index (χ0) is 9.72. The maximum atomic E-state index is 10.4. The summed E-state index contributed by atoms with van der Waals surface area (Å²) in [6.45, 7) is 0. The summed E-state index contributed by atoms with van der Waals surface area (Å²) in [5.74, 6) is -2.74. The summed E-state index contributed by atoms with van der Waals surface area (Å²) in [6, 6.07) is 0. The van der Waals surface area contributed by atoms with E-state index in [1.165, 1.54) is 0 Å². The molecule has 2 N–H and O–H groups in total. The Labute approximate surface area is 68.7 Å². The molecule has 0 amide bonds. The van der Waals surface area contributed by atoms with Gasteiger partial charge in [0.15, 0.2) is 12.2 Å². The van der Waals surface area contributed by atoms with Gasteiger partial charge >= 0.3 is 11.9 Å². The van der Waals surface area contributed by atoms with Crippen molar-refractivity contribution in [1.82, 2.24) is 0 Å². The van der Waals surface area contributed by atoms with Crippen molar-refractivity contribution < 1.29 is 29.3 Å². The molecule has 0 rings (SSSR count). The van der Waals surface area contributed by atoms with Crippen LogP contribution in [0.2, 0.25) is 0 Å². The van der Waals surface area contributed by atoms with Gasteiger partial charge in [-0.25, -0.2) is 9.59 Å². The lowest BCUT2D eigenvalue weighted by molar-refractivity contribution is -0.171. The number of hydrogen-bond donors (Lipinski definition) is 2. The van der Waals surface area contributed by atoms with E-state index in [1.807, 2.05) is 0 Å². The van der Waals surface area contributed by atoms with Gasteiger partial charge in [-0.1, -0.05) is 0 Å². The Hall–Kier alpha value is -1.14. The van der Waals surface area contributed by atoms with Crippen LogP contribution in [-0.4, -0.2) is 48.6 Å². The summed E-state index contributed by atoms with van der Waals surface area (Å²) in [5, 5.41) is 16.9. The number of aliphatic carboxylic acids is 2. The quantitative estimate of drug-likeness (QED) is 0.571. The van der Waals surface area contributed by atoms with Gasteiger partial charge in [0.25, 0.3) is 0 Å². The average molecular weight is 178 g/mol. The number of carboxylic acids is 2. The number of rotatable bonds is 5. The molecule has 0 radical (unpaired) electrons. The Morgan fingerprint density at radius 3 is 1.33 bits per heavy atom. The first-order valence-corrected chi connectivity index (χ1v) is 3.05. The number of ether oxygens (including phenoxy) is 2. The molecule has 0 aromatic rings. The van der Waals surface area contributed by atoms with Crippen LogP contribution in [0.25, 0.3) is 0 Å². The molecule has 70 valence electrons. The number of carboxylic acid groups (broad SMARTS) is 2. The minimum atomic E-state index is -1.48. The van der Waals surface area contributed by atoms with Crippen molar-refractivity contribution in [2.45, 2.75) is 12.2 Å². The van der Waals surface area contributed by atoms with Gasteiger partial charge in [-0.3, -0.25) is 0 Å². The normalized spacial score (nSPS) is 15.2. The Morgan fingerprint density at radius 2 is 1.25 bits per heavy atom. The fraction of sp³-hybridized carbons (Fsp3) is 0.667. The van der Waals surface area contributed by atoms with Gasteiger partial charge in [-0.15, -0.1) is 0 Å². The molecule has 0 aliphatic rings. The predicted molar refractivity (Wildman–Crippen MR) is 36.9 cm³/mol. The van der Waals surface area contributed by atoms with Gasteiger partial charge in [-0.05, 0) is 0 Å². The van der Waals surface area contributed by atoms with E-state index in [2.05, 4.69) is 9.47 Å². The molecule has 0 saturated carbocycles. The van der Waals surface area contributed by atoms with Crippen molar-refractivity contribution in [2.24, 2.45) is 0 Å². The summed E-state index contributed by atoms with van der Waals surface area (Å²) in [4.78, 5) is 20.7. The Morgan fingerprint density at radius 1 is 1.00 bits per heavy atom. The minimum Gasteiger partial charge on any atom is -0.479 e. The number of hydrogen-bond acceptors (Lipinski definition) is 4. The highest BCUT2D eigenvalue weighted by Gasteiger charge is 2.33. The molecule has 0 fully saturated rings. The molecule has 6 nitrogen and oxygen atoms in total. The molecule has 6 heteroatoms. The molecule has 0 bridgehead atoms. The first-order chi connectivity index (χ1) is 5.54. The van der Waals surface area contributed by atoms with Gasteiger partial charge in [0.2, 0.25) is 0 Å². The fourth-order valence-electron chi connectivity index (χ4n) is 0.708. The molecule has 0 saturated heterocycles. The lowest BCUT2D eigenvalue weighted by Gasteiger charge is -2.16. The molecular formula is C6H10O6. The van der Waals surface area contributed by atoms with Crippen molar-refractivity contribution in [2.75, 3.05) is 14.2 Å². The Bertz CT molecular complexity index is 157. The van der Waals surface area contributed by atoms with Crippen molar-refractivity contribution in [3.05, 3.63) is 0 Å². The summed E-state index contributed by atoms with van der Waals surface area (Å²) >= 11 is 0. The van der Waals surface area contributed by atoms with E-state index in [0.29, 0.717) is 0 Å². The van der Waals surface area contributed by atoms with Crippen molar-refractivity contribution in [3.63, 3.8) is 0 Å². The molecule has 0 aromatic carbocycles. The molecule has 2 atom stereocenters. The van der Waals surface area contributed by atoms with E-state index in [0.717, 1.165) is 14.2 Å². The van der Waals surface area contributed by atoms with Crippen LogP contribution in [0.1, 0.15) is 0 Å². The minimum absolute atomic E-state index is 1.10. The first kappa shape index (κ1) is 10.9. The van der Waals surface area contributed by atoms with E-state index < -0.39 is 24.1 Å². The molecule has 0 aliphatic heterocycles. The van der Waals surface area contributed by atoms with E-state index in [9.17, 15) is 9.59 Å². The third kappa shape index (κ3) is 2.48. The van der Waals surface area contributed by atoms with Crippen LogP contribution in [0.15, 0.2) is 0 Å². The Balaban J connectivity index is 4.44. The molecule has 0 spiro atoms. The maximum absolute atomic E-state index is 10.4. The SMILES string of the molecule is CO[C@H](C(=O)O)[C@@H](OC)C(=O)O. The highest BCUT2D eigenvalue weighted by atomic mass is 16.6. The second-order valence-electron chi connectivity index (χ2n) is 1.99. The highest BCUT2D eigenvalue weighted by Crippen LogP contribution is 2.02. The number of methoxy groups -OCH3 is 2. The molecule has 0 heterocycles. The van der Waals surface area contributed by atoms with Gasteiger partial charge in [0, 0.05) is 14.2 Å². The standard InChI is InChI=1S/C6H10O6/c1-11-3(5(7)8)4(12-2)6(9)10/h3-4H,1-2H3,(H,7,8)(H,9,10)/t3-,4+. The van der Waals surface area contributed by atoms with Crippen LogP contribution < -0.4 is 0 Å². The third-order valence-corrected chi connectivity index (χ3v) is 1.27. The zero-order valence-electron chi connectivity index (χ0n) is 6.68. The van der Waals surface area contributed by atoms with E-state index in [-0.39, 0.29) is 0 Å². The highest BCUT2D eigenvalue weighted by molar-refractivity contribution is 5.83. The molecule has 0 aromatic heterocycles. The van der Waals surface area contributed by atoms with E-state index >= 15 is 0 Å².